The molecular weight excluding hydrogens is 575 g/mol. The van der Waals surface area contributed by atoms with E-state index in [0.29, 0.717) is 56.9 Å². The van der Waals surface area contributed by atoms with Gasteiger partial charge in [-0.15, -0.1) is 0 Å². The summed E-state index contributed by atoms with van der Waals surface area (Å²) in [4.78, 5) is 22.2. The van der Waals surface area contributed by atoms with Gasteiger partial charge in [0.25, 0.3) is 5.91 Å². The number of fused-ring (bicyclic) bond motifs is 1. The number of carbonyl (C=O) groups excluding carboxylic acids is 1. The van der Waals surface area contributed by atoms with Crippen LogP contribution in [0.25, 0.3) is 11.0 Å². The molecule has 0 saturated carbocycles. The Balaban J connectivity index is 1.64. The molecule has 0 aliphatic heterocycles. The summed E-state index contributed by atoms with van der Waals surface area (Å²) in [5.41, 5.74) is 1.75. The van der Waals surface area contributed by atoms with Crippen molar-refractivity contribution in [2.75, 3.05) is 44.0 Å². The second kappa shape index (κ2) is 14.0. The van der Waals surface area contributed by atoms with E-state index in [1.807, 2.05) is 17.4 Å². The Hall–Kier alpha value is -4.43. The number of nitrogens with zero attached hydrogens (tertiary/aromatic N) is 2. The van der Waals surface area contributed by atoms with Gasteiger partial charge in [-0.05, 0) is 42.3 Å². The molecule has 10 nitrogen and oxygen atoms in total. The van der Waals surface area contributed by atoms with Gasteiger partial charge in [-0.25, -0.2) is 9.97 Å². The lowest BCUT2D eigenvalue weighted by Crippen LogP contribution is -2.33. The fraction of sp³-hybridized carbons (Fsp3) is 0.250. The number of hydrogen-bond donors (Lipinski definition) is 4. The van der Waals surface area contributed by atoms with Gasteiger partial charge in [0.15, 0.2) is 23.1 Å². The van der Waals surface area contributed by atoms with Crippen LogP contribution in [0.1, 0.15) is 16.8 Å². The van der Waals surface area contributed by atoms with Crippen molar-refractivity contribution in [2.24, 2.45) is 0 Å². The van der Waals surface area contributed by atoms with E-state index in [9.17, 15) is 23.1 Å². The number of aliphatic hydroxyl groups excluding tert-OH is 1. The number of aliphatic hydroxyl groups is 1. The lowest BCUT2D eigenvalue weighted by Gasteiger charge is -2.19. The normalized spacial score (nSPS) is 11.2. The van der Waals surface area contributed by atoms with Crippen molar-refractivity contribution >= 4 is 46.2 Å². The maximum Gasteiger partial charge on any atom is 0.405 e. The fourth-order valence-electron chi connectivity index (χ4n) is 3.70. The molecule has 0 saturated heterocycles. The number of benzene rings is 3. The standard InChI is InChI=1S/C28H28F3N5O5S/c1-39-18-14-22(24(23(15-18)40-2)41-12-6-11-37)35-25-26(34-21-10-4-3-9-20(21)33-25)36-42-19-8-5-7-17(13-19)27(38)32-16-28(29,30)31/h3-5,7-10,13-15,37H,6,11-12,16H2,1-2H3,(H,32,38)(H,33,35)(H,34,36). The quantitative estimate of drug-likeness (QED) is 0.114. The highest BCUT2D eigenvalue weighted by Gasteiger charge is 2.28. The molecule has 0 bridgehead atoms. The van der Waals surface area contributed by atoms with Gasteiger partial charge < -0.3 is 34.7 Å². The Labute approximate surface area is 243 Å². The fourth-order valence-corrected chi connectivity index (χ4v) is 4.39. The van der Waals surface area contributed by atoms with Crippen molar-refractivity contribution in [1.29, 1.82) is 0 Å². The summed E-state index contributed by atoms with van der Waals surface area (Å²) in [6.45, 7) is -1.25. The number of rotatable bonds is 13. The number of anilines is 3. The smallest absolute Gasteiger partial charge is 0.405 e. The highest BCUT2D eigenvalue weighted by Crippen LogP contribution is 2.42. The van der Waals surface area contributed by atoms with Gasteiger partial charge in [-0.3, -0.25) is 4.79 Å². The first-order valence-electron chi connectivity index (χ1n) is 12.6. The average molecular weight is 604 g/mol. The lowest BCUT2D eigenvalue weighted by molar-refractivity contribution is -0.123. The number of alkyl halides is 3. The van der Waals surface area contributed by atoms with Crippen LogP contribution in [0.5, 0.6) is 17.2 Å². The van der Waals surface area contributed by atoms with Crippen LogP contribution >= 0.6 is 11.9 Å². The predicted molar refractivity (Wildman–Crippen MR) is 154 cm³/mol. The molecule has 3 aromatic carbocycles. The highest BCUT2D eigenvalue weighted by molar-refractivity contribution is 8.00. The third-order valence-corrected chi connectivity index (χ3v) is 6.45. The summed E-state index contributed by atoms with van der Waals surface area (Å²) in [6, 6.07) is 16.8. The molecule has 222 valence electrons. The highest BCUT2D eigenvalue weighted by atomic mass is 32.2. The Morgan fingerprint density at radius 1 is 0.976 bits per heavy atom. The van der Waals surface area contributed by atoms with Gasteiger partial charge in [0.1, 0.15) is 12.3 Å². The molecule has 1 amide bonds. The van der Waals surface area contributed by atoms with Crippen LogP contribution < -0.4 is 29.6 Å². The van der Waals surface area contributed by atoms with Crippen molar-refractivity contribution in [3.8, 4) is 17.2 Å². The Bertz CT molecular complexity index is 1540. The molecular formula is C28H28F3N5O5S. The second-order valence-corrected chi connectivity index (χ2v) is 9.58. The number of amides is 1. The Morgan fingerprint density at radius 2 is 1.71 bits per heavy atom. The van der Waals surface area contributed by atoms with E-state index >= 15 is 0 Å². The first-order valence-corrected chi connectivity index (χ1v) is 13.4. The van der Waals surface area contributed by atoms with Gasteiger partial charge in [0.2, 0.25) is 0 Å². The minimum atomic E-state index is -4.52. The van der Waals surface area contributed by atoms with Crippen LogP contribution in [0.4, 0.5) is 30.5 Å². The summed E-state index contributed by atoms with van der Waals surface area (Å²) in [5.74, 6) is 1.06. The van der Waals surface area contributed by atoms with Gasteiger partial charge in [0, 0.05) is 35.6 Å². The van der Waals surface area contributed by atoms with E-state index in [1.165, 1.54) is 26.4 Å². The van der Waals surface area contributed by atoms with Crippen LogP contribution in [0.15, 0.2) is 65.6 Å². The van der Waals surface area contributed by atoms with E-state index in [1.54, 1.807) is 36.4 Å². The van der Waals surface area contributed by atoms with E-state index in [2.05, 4.69) is 10.0 Å². The summed E-state index contributed by atoms with van der Waals surface area (Å²) in [7, 11) is 3.01. The first kappa shape index (κ1) is 30.5. The molecule has 4 aromatic rings. The monoisotopic (exact) mass is 603 g/mol. The van der Waals surface area contributed by atoms with Gasteiger partial charge in [-0.1, -0.05) is 18.2 Å². The van der Waals surface area contributed by atoms with Gasteiger partial charge in [0.05, 0.1) is 37.5 Å². The molecule has 42 heavy (non-hydrogen) atoms. The molecule has 0 spiro atoms. The summed E-state index contributed by atoms with van der Waals surface area (Å²) < 4.78 is 57.6. The molecule has 4 N–H and O–H groups in total. The molecule has 14 heteroatoms. The average Bonchev–Trinajstić information content (AvgIpc) is 2.99. The Morgan fingerprint density at radius 3 is 2.38 bits per heavy atom. The maximum absolute atomic E-state index is 12.5. The van der Waals surface area contributed by atoms with E-state index in [4.69, 9.17) is 24.2 Å². The number of methoxy groups -OCH3 is 2. The molecule has 0 aliphatic carbocycles. The third-order valence-electron chi connectivity index (χ3n) is 5.67. The Kier molecular flexibility index (Phi) is 10.1. The summed E-state index contributed by atoms with van der Waals surface area (Å²) in [6.07, 6.45) is -4.11. The van der Waals surface area contributed by atoms with Crippen molar-refractivity contribution in [1.82, 2.24) is 15.3 Å². The number of aromatic nitrogens is 2. The molecule has 1 heterocycles. The van der Waals surface area contributed by atoms with Gasteiger partial charge in [-0.2, -0.15) is 13.2 Å². The second-order valence-electron chi connectivity index (χ2n) is 8.70. The van der Waals surface area contributed by atoms with E-state index in [-0.39, 0.29) is 18.8 Å². The molecule has 0 radical (unpaired) electrons. The van der Waals surface area contributed by atoms with Crippen LogP contribution in [-0.4, -0.2) is 61.1 Å². The number of para-hydroxylation sites is 2. The maximum atomic E-state index is 12.5. The minimum Gasteiger partial charge on any atom is -0.497 e. The van der Waals surface area contributed by atoms with Crippen LogP contribution in [0.2, 0.25) is 0 Å². The number of nitrogens with one attached hydrogen (secondary N) is 3. The topological polar surface area (TPSA) is 127 Å². The number of carbonyl (C=O) groups is 1. The zero-order valence-electron chi connectivity index (χ0n) is 22.6. The molecule has 0 fully saturated rings. The zero-order valence-corrected chi connectivity index (χ0v) is 23.4. The zero-order chi connectivity index (χ0) is 30.1. The largest absolute Gasteiger partial charge is 0.497 e. The summed E-state index contributed by atoms with van der Waals surface area (Å²) in [5, 5.41) is 14.3. The van der Waals surface area contributed by atoms with E-state index in [0.717, 1.165) is 11.9 Å². The van der Waals surface area contributed by atoms with Crippen molar-refractivity contribution in [3.05, 3.63) is 66.2 Å². The van der Waals surface area contributed by atoms with Crippen LogP contribution in [0, 0.1) is 0 Å². The number of halogens is 3. The van der Waals surface area contributed by atoms with E-state index < -0.39 is 18.6 Å². The molecule has 4 rings (SSSR count). The SMILES string of the molecule is COc1cc(Nc2nc3ccccc3nc2NSc2cccc(C(=O)NCC(F)(F)F)c2)c(OCCCO)c(OC)c1. The number of ether oxygens (including phenoxy) is 3. The molecule has 0 aliphatic rings. The molecule has 1 aromatic heterocycles. The van der Waals surface area contributed by atoms with Crippen molar-refractivity contribution in [2.45, 2.75) is 17.5 Å². The van der Waals surface area contributed by atoms with Crippen LogP contribution in [0.3, 0.4) is 0 Å². The van der Waals surface area contributed by atoms with Gasteiger partial charge >= 0.3 is 6.18 Å². The molecule has 0 unspecified atom stereocenters. The summed E-state index contributed by atoms with van der Waals surface area (Å²) >= 11 is 1.10. The number of hydrogen-bond acceptors (Lipinski definition) is 10. The minimum absolute atomic E-state index is 0.0478. The van der Waals surface area contributed by atoms with Crippen molar-refractivity contribution in [3.63, 3.8) is 0 Å². The molecule has 0 atom stereocenters. The lowest BCUT2D eigenvalue weighted by atomic mass is 10.2. The predicted octanol–water partition coefficient (Wildman–Crippen LogP) is 5.56. The first-order chi connectivity index (χ1) is 20.2. The van der Waals surface area contributed by atoms with Crippen molar-refractivity contribution < 1.29 is 37.3 Å². The van der Waals surface area contributed by atoms with Crippen LogP contribution in [-0.2, 0) is 0 Å². The third kappa shape index (κ3) is 8.07.